The maximum Gasteiger partial charge on any atom is 0.228 e. The number of ether oxygens (including phenoxy) is 1. The molecule has 0 bridgehead atoms. The molecule has 3 rings (SSSR count). The monoisotopic (exact) mass is 389 g/mol. The van der Waals surface area contributed by atoms with Crippen LogP contribution in [0.5, 0.6) is 5.88 Å². The SMILES string of the molecule is CCOc1cc(CNC(=O)C2(C)CC(=O)N(c3cc(F)cc(F)c3)C2)ccn1. The van der Waals surface area contributed by atoms with Crippen LogP contribution in [0.15, 0.2) is 36.5 Å². The molecule has 1 fully saturated rings. The first kappa shape index (κ1) is 19.7. The fraction of sp³-hybridized carbons (Fsp3) is 0.350. The van der Waals surface area contributed by atoms with Crippen molar-refractivity contribution in [2.45, 2.75) is 26.8 Å². The average molecular weight is 389 g/mol. The summed E-state index contributed by atoms with van der Waals surface area (Å²) in [6, 6.07) is 6.38. The topological polar surface area (TPSA) is 71.5 Å². The number of carbonyl (C=O) groups is 2. The van der Waals surface area contributed by atoms with Gasteiger partial charge in [-0.25, -0.2) is 13.8 Å². The largest absolute Gasteiger partial charge is 0.478 e. The highest BCUT2D eigenvalue weighted by atomic mass is 19.1. The number of aromatic nitrogens is 1. The Morgan fingerprint density at radius 1 is 1.29 bits per heavy atom. The van der Waals surface area contributed by atoms with E-state index in [2.05, 4.69) is 10.3 Å². The maximum absolute atomic E-state index is 13.5. The van der Waals surface area contributed by atoms with Crippen LogP contribution >= 0.6 is 0 Å². The van der Waals surface area contributed by atoms with Gasteiger partial charge >= 0.3 is 0 Å². The third kappa shape index (κ3) is 4.27. The van der Waals surface area contributed by atoms with Gasteiger partial charge in [0.15, 0.2) is 0 Å². The van der Waals surface area contributed by atoms with Crippen molar-refractivity contribution in [2.24, 2.45) is 5.41 Å². The minimum Gasteiger partial charge on any atom is -0.478 e. The summed E-state index contributed by atoms with van der Waals surface area (Å²) in [5.41, 5.74) is -0.0892. The van der Waals surface area contributed by atoms with Crippen molar-refractivity contribution in [3.8, 4) is 5.88 Å². The van der Waals surface area contributed by atoms with Crippen LogP contribution < -0.4 is 15.0 Å². The van der Waals surface area contributed by atoms with E-state index in [0.717, 1.165) is 23.8 Å². The number of hydrogen-bond donors (Lipinski definition) is 1. The van der Waals surface area contributed by atoms with Gasteiger partial charge in [0.05, 0.1) is 12.0 Å². The predicted molar refractivity (Wildman–Crippen MR) is 98.7 cm³/mol. The van der Waals surface area contributed by atoms with Gasteiger partial charge in [-0.05, 0) is 37.6 Å². The standard InChI is InChI=1S/C20H21F2N3O3/c1-3-28-17-6-13(4-5-23-17)11-24-19(27)20(2)10-18(26)25(12-20)16-8-14(21)7-15(22)9-16/h4-9H,3,10-12H2,1-2H3,(H,24,27). The first-order chi connectivity index (χ1) is 13.3. The molecule has 0 saturated carbocycles. The molecular weight excluding hydrogens is 368 g/mol. The van der Waals surface area contributed by atoms with Crippen molar-refractivity contribution in [1.82, 2.24) is 10.3 Å². The number of amides is 2. The molecule has 2 aromatic rings. The summed E-state index contributed by atoms with van der Waals surface area (Å²) in [5.74, 6) is -1.75. The summed E-state index contributed by atoms with van der Waals surface area (Å²) < 4.78 is 32.3. The van der Waals surface area contributed by atoms with E-state index in [4.69, 9.17) is 4.74 Å². The van der Waals surface area contributed by atoms with Crippen molar-refractivity contribution < 1.29 is 23.1 Å². The lowest BCUT2D eigenvalue weighted by Crippen LogP contribution is -2.40. The Kier molecular flexibility index (Phi) is 5.58. The molecule has 28 heavy (non-hydrogen) atoms. The number of benzene rings is 1. The van der Waals surface area contributed by atoms with E-state index in [0.29, 0.717) is 12.5 Å². The third-order valence-electron chi connectivity index (χ3n) is 4.60. The summed E-state index contributed by atoms with van der Waals surface area (Å²) in [4.78, 5) is 30.4. The Bertz CT molecular complexity index is 886. The van der Waals surface area contributed by atoms with Gasteiger partial charge < -0.3 is 15.0 Å². The summed E-state index contributed by atoms with van der Waals surface area (Å²) in [6.45, 7) is 4.29. The average Bonchev–Trinajstić information content (AvgIpc) is 2.95. The smallest absolute Gasteiger partial charge is 0.228 e. The second-order valence-corrected chi connectivity index (χ2v) is 6.96. The number of anilines is 1. The van der Waals surface area contributed by atoms with Crippen molar-refractivity contribution in [3.05, 3.63) is 53.7 Å². The van der Waals surface area contributed by atoms with Gasteiger partial charge in [-0.3, -0.25) is 9.59 Å². The van der Waals surface area contributed by atoms with Crippen LogP contribution in [0, 0.1) is 17.0 Å². The number of carbonyl (C=O) groups excluding carboxylic acids is 2. The molecule has 0 radical (unpaired) electrons. The van der Waals surface area contributed by atoms with E-state index < -0.39 is 17.0 Å². The molecule has 148 valence electrons. The Labute approximate surface area is 161 Å². The molecule has 1 N–H and O–H groups in total. The first-order valence-corrected chi connectivity index (χ1v) is 8.93. The minimum absolute atomic E-state index is 0.0428. The molecule has 1 unspecified atom stereocenters. The van der Waals surface area contributed by atoms with Crippen LogP contribution in [-0.2, 0) is 16.1 Å². The van der Waals surface area contributed by atoms with E-state index in [-0.39, 0.29) is 37.0 Å². The number of hydrogen-bond acceptors (Lipinski definition) is 4. The van der Waals surface area contributed by atoms with Gasteiger partial charge in [0, 0.05) is 43.5 Å². The zero-order valence-corrected chi connectivity index (χ0v) is 15.7. The molecule has 1 aromatic heterocycles. The molecule has 0 aliphatic carbocycles. The lowest BCUT2D eigenvalue weighted by atomic mass is 9.88. The highest BCUT2D eigenvalue weighted by Gasteiger charge is 2.45. The zero-order chi connectivity index (χ0) is 20.3. The molecule has 0 spiro atoms. The fourth-order valence-electron chi connectivity index (χ4n) is 3.19. The lowest BCUT2D eigenvalue weighted by molar-refractivity contribution is -0.131. The van der Waals surface area contributed by atoms with Crippen LogP contribution in [0.3, 0.4) is 0 Å². The molecule has 8 heteroatoms. The van der Waals surface area contributed by atoms with Gasteiger partial charge in [0.2, 0.25) is 17.7 Å². The second-order valence-electron chi connectivity index (χ2n) is 6.96. The molecule has 2 amide bonds. The van der Waals surface area contributed by atoms with E-state index in [1.165, 1.54) is 4.90 Å². The summed E-state index contributed by atoms with van der Waals surface area (Å²) in [6.07, 6.45) is 1.55. The number of nitrogens with one attached hydrogen (secondary N) is 1. The Morgan fingerprint density at radius 3 is 2.68 bits per heavy atom. The van der Waals surface area contributed by atoms with Crippen LogP contribution in [-0.4, -0.2) is 29.9 Å². The van der Waals surface area contributed by atoms with Crippen LogP contribution in [0.1, 0.15) is 25.8 Å². The van der Waals surface area contributed by atoms with Crippen LogP contribution in [0.25, 0.3) is 0 Å². The number of pyridine rings is 1. The molecule has 6 nitrogen and oxygen atoms in total. The van der Waals surface area contributed by atoms with Crippen LogP contribution in [0.4, 0.5) is 14.5 Å². The molecule has 1 aliphatic rings. The molecule has 1 aromatic carbocycles. The summed E-state index contributed by atoms with van der Waals surface area (Å²) in [7, 11) is 0. The Hall–Kier alpha value is -3.03. The number of nitrogens with zero attached hydrogens (tertiary/aromatic N) is 2. The van der Waals surface area contributed by atoms with Gasteiger partial charge in [-0.15, -0.1) is 0 Å². The molecule has 1 aliphatic heterocycles. The van der Waals surface area contributed by atoms with E-state index >= 15 is 0 Å². The van der Waals surface area contributed by atoms with E-state index in [9.17, 15) is 18.4 Å². The quantitative estimate of drug-likeness (QED) is 0.825. The molecule has 1 atom stereocenters. The number of rotatable bonds is 6. The highest BCUT2D eigenvalue weighted by Crippen LogP contribution is 2.35. The van der Waals surface area contributed by atoms with Crippen molar-refractivity contribution in [1.29, 1.82) is 0 Å². The predicted octanol–water partition coefficient (Wildman–Crippen LogP) is 2.82. The third-order valence-corrected chi connectivity index (χ3v) is 4.60. The van der Waals surface area contributed by atoms with Crippen molar-refractivity contribution in [2.75, 3.05) is 18.1 Å². The Morgan fingerprint density at radius 2 is 2.00 bits per heavy atom. The minimum atomic E-state index is -1.00. The first-order valence-electron chi connectivity index (χ1n) is 8.93. The Balaban J connectivity index is 1.68. The van der Waals surface area contributed by atoms with Crippen molar-refractivity contribution in [3.63, 3.8) is 0 Å². The molecule has 1 saturated heterocycles. The van der Waals surface area contributed by atoms with Gasteiger partial charge in [-0.2, -0.15) is 0 Å². The zero-order valence-electron chi connectivity index (χ0n) is 15.7. The molecule has 2 heterocycles. The van der Waals surface area contributed by atoms with Gasteiger partial charge in [0.25, 0.3) is 0 Å². The second kappa shape index (κ2) is 7.92. The van der Waals surface area contributed by atoms with E-state index in [1.807, 2.05) is 6.92 Å². The van der Waals surface area contributed by atoms with Gasteiger partial charge in [0.1, 0.15) is 11.6 Å². The van der Waals surface area contributed by atoms with Crippen LogP contribution in [0.2, 0.25) is 0 Å². The summed E-state index contributed by atoms with van der Waals surface area (Å²) in [5, 5.41) is 2.82. The van der Waals surface area contributed by atoms with Gasteiger partial charge in [-0.1, -0.05) is 0 Å². The lowest BCUT2D eigenvalue weighted by Gasteiger charge is -2.23. The van der Waals surface area contributed by atoms with Crippen molar-refractivity contribution >= 4 is 17.5 Å². The number of halogens is 2. The molecular formula is C20H21F2N3O3. The highest BCUT2D eigenvalue weighted by molar-refractivity contribution is 6.02. The summed E-state index contributed by atoms with van der Waals surface area (Å²) >= 11 is 0. The van der Waals surface area contributed by atoms with E-state index in [1.54, 1.807) is 25.3 Å². The fourth-order valence-corrected chi connectivity index (χ4v) is 3.19. The maximum atomic E-state index is 13.5. The normalized spacial score (nSPS) is 19.0.